The maximum atomic E-state index is 13.4. The van der Waals surface area contributed by atoms with Crippen molar-refractivity contribution in [2.24, 2.45) is 0 Å². The molecule has 0 saturated carbocycles. The van der Waals surface area contributed by atoms with E-state index in [4.69, 9.17) is 4.98 Å². The van der Waals surface area contributed by atoms with Crippen molar-refractivity contribution in [1.82, 2.24) is 19.5 Å². The summed E-state index contributed by atoms with van der Waals surface area (Å²) in [5.74, 6) is 0.430. The molecular formula is C19H13FN4S. The second-order valence-electron chi connectivity index (χ2n) is 5.83. The molecule has 0 amide bonds. The standard InChI is InChI=1S/C19H13FN4S/c1-2-24-15-6-4-3-5-14(15)22-17(24)11-9-13-12-7-8-16(20)23-19(12)25-18(13)21-10-11/h3-10H,2H2,1H3. The van der Waals surface area contributed by atoms with Crippen molar-refractivity contribution < 1.29 is 4.39 Å². The SMILES string of the molecule is CCn1c(-c2cnc3sc4nc(F)ccc4c3c2)nc2ccccc21. The van der Waals surface area contributed by atoms with Crippen molar-refractivity contribution in [3.8, 4) is 11.4 Å². The molecule has 6 heteroatoms. The first-order chi connectivity index (χ1) is 12.2. The van der Waals surface area contributed by atoms with Gasteiger partial charge in [-0.1, -0.05) is 23.5 Å². The van der Waals surface area contributed by atoms with Gasteiger partial charge in [0.1, 0.15) is 15.5 Å². The van der Waals surface area contributed by atoms with Gasteiger partial charge >= 0.3 is 0 Å². The number of imidazole rings is 1. The first kappa shape index (κ1) is 14.5. The van der Waals surface area contributed by atoms with E-state index in [1.807, 2.05) is 24.4 Å². The smallest absolute Gasteiger partial charge is 0.214 e. The van der Waals surface area contributed by atoms with Gasteiger partial charge in [-0.2, -0.15) is 4.39 Å². The molecule has 4 aromatic heterocycles. The minimum Gasteiger partial charge on any atom is -0.324 e. The summed E-state index contributed by atoms with van der Waals surface area (Å²) in [6.45, 7) is 2.93. The van der Waals surface area contributed by atoms with Crippen LogP contribution in [0.15, 0.2) is 48.7 Å². The average Bonchev–Trinajstić information content (AvgIpc) is 3.18. The zero-order valence-electron chi connectivity index (χ0n) is 13.4. The van der Waals surface area contributed by atoms with Gasteiger partial charge in [-0.25, -0.2) is 15.0 Å². The monoisotopic (exact) mass is 348 g/mol. The summed E-state index contributed by atoms with van der Waals surface area (Å²) >= 11 is 1.41. The number of halogens is 1. The maximum absolute atomic E-state index is 13.4. The number of thiophene rings is 1. The predicted octanol–water partition coefficient (Wildman–Crippen LogP) is 5.02. The third kappa shape index (κ3) is 2.14. The average molecular weight is 348 g/mol. The summed E-state index contributed by atoms with van der Waals surface area (Å²) in [5.41, 5.74) is 3.03. The number of hydrogen-bond acceptors (Lipinski definition) is 4. The first-order valence-corrected chi connectivity index (χ1v) is 8.86. The maximum Gasteiger partial charge on any atom is 0.214 e. The van der Waals surface area contributed by atoms with Crippen molar-refractivity contribution in [1.29, 1.82) is 0 Å². The zero-order valence-corrected chi connectivity index (χ0v) is 14.2. The van der Waals surface area contributed by atoms with Gasteiger partial charge in [0.15, 0.2) is 0 Å². The Morgan fingerprint density at radius 2 is 1.92 bits per heavy atom. The summed E-state index contributed by atoms with van der Waals surface area (Å²) in [4.78, 5) is 14.9. The number of fused-ring (bicyclic) bond motifs is 4. The molecule has 0 aliphatic carbocycles. The van der Waals surface area contributed by atoms with Crippen LogP contribution < -0.4 is 0 Å². The van der Waals surface area contributed by atoms with Crippen molar-refractivity contribution in [2.75, 3.05) is 0 Å². The number of para-hydroxylation sites is 2. The summed E-state index contributed by atoms with van der Waals surface area (Å²) in [6, 6.07) is 13.3. The Kier molecular flexibility index (Phi) is 3.08. The van der Waals surface area contributed by atoms with Gasteiger partial charge in [-0.3, -0.25) is 0 Å². The lowest BCUT2D eigenvalue weighted by atomic mass is 10.2. The number of hydrogen-bond donors (Lipinski definition) is 0. The van der Waals surface area contributed by atoms with E-state index in [2.05, 4.69) is 33.6 Å². The Morgan fingerprint density at radius 3 is 2.80 bits per heavy atom. The summed E-state index contributed by atoms with van der Waals surface area (Å²) in [7, 11) is 0. The molecule has 25 heavy (non-hydrogen) atoms. The van der Waals surface area contributed by atoms with Gasteiger partial charge in [-0.05, 0) is 37.3 Å². The van der Waals surface area contributed by atoms with Crippen molar-refractivity contribution >= 4 is 42.8 Å². The molecule has 5 rings (SSSR count). The van der Waals surface area contributed by atoms with Crippen molar-refractivity contribution in [3.05, 3.63) is 54.6 Å². The van der Waals surface area contributed by atoms with Crippen LogP contribution in [0.3, 0.4) is 0 Å². The van der Waals surface area contributed by atoms with Gasteiger partial charge in [0.25, 0.3) is 0 Å². The Labute approximate surface area is 146 Å². The highest BCUT2D eigenvalue weighted by Crippen LogP contribution is 2.34. The molecule has 0 aliphatic heterocycles. The van der Waals surface area contributed by atoms with Crippen molar-refractivity contribution in [2.45, 2.75) is 13.5 Å². The summed E-state index contributed by atoms with van der Waals surface area (Å²) < 4.78 is 15.6. The quantitative estimate of drug-likeness (QED) is 0.421. The Balaban J connectivity index is 1.79. The van der Waals surface area contributed by atoms with E-state index in [-0.39, 0.29) is 0 Å². The fourth-order valence-corrected chi connectivity index (χ4v) is 4.25. The van der Waals surface area contributed by atoms with Crippen LogP contribution >= 0.6 is 11.3 Å². The molecule has 5 aromatic rings. The minimum absolute atomic E-state index is 0.466. The van der Waals surface area contributed by atoms with Gasteiger partial charge in [-0.15, -0.1) is 0 Å². The third-order valence-electron chi connectivity index (χ3n) is 4.39. The molecule has 1 aromatic carbocycles. The van der Waals surface area contributed by atoms with Crippen LogP contribution in [0.4, 0.5) is 4.39 Å². The van der Waals surface area contributed by atoms with E-state index in [0.717, 1.165) is 44.6 Å². The zero-order chi connectivity index (χ0) is 17.0. The van der Waals surface area contributed by atoms with Crippen LogP contribution in [0.1, 0.15) is 6.92 Å². The molecule has 4 nitrogen and oxygen atoms in total. The van der Waals surface area contributed by atoms with Gasteiger partial charge < -0.3 is 4.57 Å². The molecule has 0 unspecified atom stereocenters. The molecule has 0 saturated heterocycles. The summed E-state index contributed by atoms with van der Waals surface area (Å²) in [6.07, 6.45) is 1.83. The number of aryl methyl sites for hydroxylation is 1. The van der Waals surface area contributed by atoms with Crippen LogP contribution in [0.25, 0.3) is 42.9 Å². The van der Waals surface area contributed by atoms with E-state index in [1.165, 1.54) is 17.4 Å². The van der Waals surface area contributed by atoms with E-state index < -0.39 is 5.95 Å². The van der Waals surface area contributed by atoms with Gasteiger partial charge in [0, 0.05) is 29.1 Å². The molecule has 0 fully saturated rings. The molecular weight excluding hydrogens is 335 g/mol. The predicted molar refractivity (Wildman–Crippen MR) is 99.3 cm³/mol. The second-order valence-corrected chi connectivity index (χ2v) is 6.81. The molecule has 122 valence electrons. The van der Waals surface area contributed by atoms with Crippen LogP contribution in [0.5, 0.6) is 0 Å². The normalized spacial score (nSPS) is 11.8. The van der Waals surface area contributed by atoms with Gasteiger partial charge in [0.05, 0.1) is 11.0 Å². The van der Waals surface area contributed by atoms with E-state index in [9.17, 15) is 4.39 Å². The molecule has 0 aliphatic rings. The summed E-state index contributed by atoms with van der Waals surface area (Å²) in [5, 5.41) is 1.91. The van der Waals surface area contributed by atoms with E-state index >= 15 is 0 Å². The fraction of sp³-hybridized carbons (Fsp3) is 0.105. The lowest BCUT2D eigenvalue weighted by Crippen LogP contribution is -1.97. The fourth-order valence-electron chi connectivity index (χ4n) is 3.26. The number of benzene rings is 1. The number of pyridine rings is 2. The molecule has 4 heterocycles. The topological polar surface area (TPSA) is 43.6 Å². The highest BCUT2D eigenvalue weighted by molar-refractivity contribution is 7.25. The van der Waals surface area contributed by atoms with Crippen LogP contribution in [0, 0.1) is 5.95 Å². The third-order valence-corrected chi connectivity index (χ3v) is 5.41. The highest BCUT2D eigenvalue weighted by atomic mass is 32.1. The second kappa shape index (κ2) is 5.32. The largest absolute Gasteiger partial charge is 0.324 e. The van der Waals surface area contributed by atoms with E-state index in [0.29, 0.717) is 4.83 Å². The number of rotatable bonds is 2. The minimum atomic E-state index is -0.466. The molecule has 0 N–H and O–H groups in total. The first-order valence-electron chi connectivity index (χ1n) is 8.05. The van der Waals surface area contributed by atoms with Crippen LogP contribution in [-0.2, 0) is 6.54 Å². The van der Waals surface area contributed by atoms with Gasteiger partial charge in [0.2, 0.25) is 5.95 Å². The highest BCUT2D eigenvalue weighted by Gasteiger charge is 2.14. The van der Waals surface area contributed by atoms with Crippen molar-refractivity contribution in [3.63, 3.8) is 0 Å². The number of aromatic nitrogens is 4. The Hall–Kier alpha value is -2.86. The Bertz CT molecular complexity index is 1250. The van der Waals surface area contributed by atoms with Crippen LogP contribution in [0.2, 0.25) is 0 Å². The molecule has 0 radical (unpaired) electrons. The molecule has 0 bridgehead atoms. The Morgan fingerprint density at radius 1 is 1.04 bits per heavy atom. The molecule has 0 spiro atoms. The van der Waals surface area contributed by atoms with Crippen LogP contribution in [-0.4, -0.2) is 19.5 Å². The lowest BCUT2D eigenvalue weighted by molar-refractivity contribution is 0.590. The number of nitrogens with zero attached hydrogens (tertiary/aromatic N) is 4. The lowest BCUT2D eigenvalue weighted by Gasteiger charge is -2.06. The molecule has 0 atom stereocenters. The van der Waals surface area contributed by atoms with E-state index in [1.54, 1.807) is 6.07 Å².